The van der Waals surface area contributed by atoms with Crippen molar-refractivity contribution in [3.63, 3.8) is 0 Å². The number of non-ortho nitro benzene ring substituents is 1. The van der Waals surface area contributed by atoms with Gasteiger partial charge in [-0.05, 0) is 35.7 Å². The lowest BCUT2D eigenvalue weighted by Gasteiger charge is -2.25. The van der Waals surface area contributed by atoms with E-state index >= 15 is 0 Å². The number of hydrogen-bond donors (Lipinski definition) is 2. The van der Waals surface area contributed by atoms with E-state index in [9.17, 15) is 20.0 Å². The minimum Gasteiger partial charge on any atom is -0.493 e. The Bertz CT molecular complexity index is 1360. The highest BCUT2D eigenvalue weighted by Gasteiger charge is 2.35. The molecule has 0 fully saturated rings. The van der Waals surface area contributed by atoms with E-state index < -0.39 is 11.0 Å². The molecule has 2 N–H and O–H groups in total. The first-order valence-corrected chi connectivity index (χ1v) is 10.4. The summed E-state index contributed by atoms with van der Waals surface area (Å²) in [4.78, 5) is 27.5. The lowest BCUT2D eigenvalue weighted by molar-refractivity contribution is -0.384. The van der Waals surface area contributed by atoms with Gasteiger partial charge in [-0.25, -0.2) is 4.79 Å². The lowest BCUT2D eigenvalue weighted by Crippen LogP contribution is -2.32. The van der Waals surface area contributed by atoms with E-state index in [1.54, 1.807) is 16.7 Å². The number of H-pyrrole nitrogens is 1. The Morgan fingerprint density at radius 1 is 1.19 bits per heavy atom. The number of imidazole rings is 1. The van der Waals surface area contributed by atoms with Crippen molar-refractivity contribution in [3.05, 3.63) is 91.6 Å². The number of aromatic nitrogens is 3. The molecule has 0 spiro atoms. The van der Waals surface area contributed by atoms with Crippen molar-refractivity contribution in [1.29, 1.82) is 0 Å². The summed E-state index contributed by atoms with van der Waals surface area (Å²) >= 11 is 0. The second-order valence-electron chi connectivity index (χ2n) is 7.92. The minimum atomic E-state index is -0.506. The van der Waals surface area contributed by atoms with E-state index in [4.69, 9.17) is 0 Å². The van der Waals surface area contributed by atoms with Crippen LogP contribution in [0.3, 0.4) is 0 Å². The second kappa shape index (κ2) is 7.16. The van der Waals surface area contributed by atoms with Gasteiger partial charge in [0.2, 0.25) is 5.88 Å². The number of nitrogens with zero attached hydrogens (tertiary/aromatic N) is 3. The number of rotatable bonds is 5. The maximum absolute atomic E-state index is 13.4. The average molecular weight is 418 g/mol. The van der Waals surface area contributed by atoms with Crippen molar-refractivity contribution in [2.24, 2.45) is 0 Å². The van der Waals surface area contributed by atoms with Gasteiger partial charge in [-0.1, -0.05) is 31.5 Å². The summed E-state index contributed by atoms with van der Waals surface area (Å²) in [7, 11) is 0. The summed E-state index contributed by atoms with van der Waals surface area (Å²) in [6.45, 7) is 2.48. The molecular formula is C23H22N4O4. The molecular weight excluding hydrogens is 396 g/mol. The largest absolute Gasteiger partial charge is 0.493 e. The van der Waals surface area contributed by atoms with Crippen LogP contribution >= 0.6 is 0 Å². The molecule has 1 aliphatic heterocycles. The molecule has 8 nitrogen and oxygen atoms in total. The number of nitro benzene ring substituents is 1. The van der Waals surface area contributed by atoms with Gasteiger partial charge in [-0.3, -0.25) is 19.2 Å². The molecule has 2 aromatic heterocycles. The number of nitrogens with one attached hydrogen (secondary N) is 1. The summed E-state index contributed by atoms with van der Waals surface area (Å²) in [5.41, 5.74) is 3.90. The molecule has 2 aromatic carbocycles. The monoisotopic (exact) mass is 418 g/mol. The molecule has 0 saturated carbocycles. The predicted molar refractivity (Wildman–Crippen MR) is 117 cm³/mol. The first-order chi connectivity index (χ1) is 15.0. The van der Waals surface area contributed by atoms with Crippen LogP contribution in [-0.4, -0.2) is 24.1 Å². The van der Waals surface area contributed by atoms with E-state index in [-0.39, 0.29) is 17.3 Å². The van der Waals surface area contributed by atoms with E-state index in [0.29, 0.717) is 18.7 Å². The SMILES string of the molecule is CCCCn1c(O)c2n(c1=O)[C@@H](c1ccc([N+](=O)[O-])cc1)c1[nH]c3ccccc3c1C2. The van der Waals surface area contributed by atoms with Crippen LogP contribution in [0.2, 0.25) is 0 Å². The van der Waals surface area contributed by atoms with Crippen molar-refractivity contribution >= 4 is 16.6 Å². The Hall–Kier alpha value is -3.81. The van der Waals surface area contributed by atoms with E-state index in [1.807, 2.05) is 31.2 Å². The predicted octanol–water partition coefficient (Wildman–Crippen LogP) is 4.09. The highest BCUT2D eigenvalue weighted by atomic mass is 16.6. The third-order valence-corrected chi connectivity index (χ3v) is 6.12. The van der Waals surface area contributed by atoms with Gasteiger partial charge in [0.15, 0.2) is 0 Å². The zero-order valence-electron chi connectivity index (χ0n) is 17.0. The van der Waals surface area contributed by atoms with Crippen molar-refractivity contribution in [2.45, 2.75) is 38.8 Å². The van der Waals surface area contributed by atoms with Gasteiger partial charge in [0.25, 0.3) is 5.69 Å². The molecule has 1 aliphatic rings. The Kier molecular flexibility index (Phi) is 4.43. The molecule has 0 unspecified atom stereocenters. The third kappa shape index (κ3) is 2.86. The van der Waals surface area contributed by atoms with Gasteiger partial charge in [0.05, 0.1) is 10.6 Å². The fourth-order valence-corrected chi connectivity index (χ4v) is 4.58. The van der Waals surface area contributed by atoms with Crippen LogP contribution in [-0.2, 0) is 13.0 Å². The van der Waals surface area contributed by atoms with Crippen LogP contribution in [0.1, 0.15) is 48.3 Å². The Balaban J connectivity index is 1.76. The van der Waals surface area contributed by atoms with Crippen molar-refractivity contribution in [1.82, 2.24) is 14.1 Å². The minimum absolute atomic E-state index is 0.00120. The zero-order valence-corrected chi connectivity index (χ0v) is 17.0. The Morgan fingerprint density at radius 3 is 2.65 bits per heavy atom. The number of fused-ring (bicyclic) bond motifs is 4. The maximum atomic E-state index is 13.4. The second-order valence-corrected chi connectivity index (χ2v) is 7.92. The van der Waals surface area contributed by atoms with Gasteiger partial charge in [-0.15, -0.1) is 0 Å². The van der Waals surface area contributed by atoms with Gasteiger partial charge in [0, 0.05) is 41.7 Å². The summed E-state index contributed by atoms with van der Waals surface area (Å²) in [6, 6.07) is 13.7. The van der Waals surface area contributed by atoms with Crippen molar-refractivity contribution in [3.8, 4) is 5.88 Å². The molecule has 0 aliphatic carbocycles. The van der Waals surface area contributed by atoms with Gasteiger partial charge in [-0.2, -0.15) is 0 Å². The molecule has 3 heterocycles. The molecule has 0 radical (unpaired) electrons. The first-order valence-electron chi connectivity index (χ1n) is 10.4. The molecule has 0 bridgehead atoms. The molecule has 8 heteroatoms. The number of hydrogen-bond acceptors (Lipinski definition) is 4. The molecule has 0 saturated heterocycles. The van der Waals surface area contributed by atoms with Crippen molar-refractivity contribution < 1.29 is 10.0 Å². The summed E-state index contributed by atoms with van der Waals surface area (Å²) in [5.74, 6) is 0.00120. The van der Waals surface area contributed by atoms with Gasteiger partial charge in [0.1, 0.15) is 6.04 Å². The number of benzene rings is 2. The van der Waals surface area contributed by atoms with Gasteiger partial charge >= 0.3 is 5.69 Å². The number of nitro groups is 1. The smallest absolute Gasteiger partial charge is 0.332 e. The molecule has 5 rings (SSSR count). The van der Waals surface area contributed by atoms with Crippen LogP contribution in [0.4, 0.5) is 5.69 Å². The van der Waals surface area contributed by atoms with E-state index in [2.05, 4.69) is 4.98 Å². The van der Waals surface area contributed by atoms with Crippen LogP contribution in [0.5, 0.6) is 5.88 Å². The number of para-hydroxylation sites is 1. The molecule has 158 valence electrons. The Morgan fingerprint density at radius 2 is 1.94 bits per heavy atom. The maximum Gasteiger partial charge on any atom is 0.332 e. The fourth-order valence-electron chi connectivity index (χ4n) is 4.58. The lowest BCUT2D eigenvalue weighted by atomic mass is 9.93. The van der Waals surface area contributed by atoms with Gasteiger partial charge < -0.3 is 10.1 Å². The highest BCUT2D eigenvalue weighted by molar-refractivity contribution is 5.86. The number of aromatic hydroxyl groups is 1. The molecule has 31 heavy (non-hydrogen) atoms. The molecule has 4 aromatic rings. The van der Waals surface area contributed by atoms with Crippen LogP contribution in [0, 0.1) is 10.1 Å². The fraction of sp³-hybridized carbons (Fsp3) is 0.261. The topological polar surface area (TPSA) is 106 Å². The number of aromatic amines is 1. The van der Waals surface area contributed by atoms with E-state index in [1.165, 1.54) is 16.7 Å². The summed E-state index contributed by atoms with van der Waals surface area (Å²) < 4.78 is 3.06. The first kappa shape index (κ1) is 19.2. The average Bonchev–Trinajstić information content (AvgIpc) is 3.26. The van der Waals surface area contributed by atoms with Crippen LogP contribution < -0.4 is 5.69 Å². The zero-order chi connectivity index (χ0) is 21.7. The summed E-state index contributed by atoms with van der Waals surface area (Å²) in [5, 5.41) is 23.1. The third-order valence-electron chi connectivity index (χ3n) is 6.12. The highest BCUT2D eigenvalue weighted by Crippen LogP contribution is 2.41. The normalized spacial score (nSPS) is 15.1. The van der Waals surface area contributed by atoms with Crippen LogP contribution in [0.25, 0.3) is 10.9 Å². The van der Waals surface area contributed by atoms with Crippen LogP contribution in [0.15, 0.2) is 53.3 Å². The van der Waals surface area contributed by atoms with E-state index in [0.717, 1.165) is 40.6 Å². The standard InChI is InChI=1S/C23H22N4O4/c1-2-3-12-25-22(28)19-13-17-16-6-4-5-7-18(16)24-20(17)21(26(19)23(25)29)14-8-10-15(11-9-14)27(30)31/h4-11,21,24,28H,2-3,12-13H2,1H3/t21-/m0/s1. The Labute approximate surface area is 177 Å². The molecule has 0 amide bonds. The summed E-state index contributed by atoms with van der Waals surface area (Å²) in [6.07, 6.45) is 2.12. The van der Waals surface area contributed by atoms with Crippen molar-refractivity contribution in [2.75, 3.05) is 0 Å². The quantitative estimate of drug-likeness (QED) is 0.331. The molecule has 1 atom stereocenters. The number of unbranched alkanes of at least 4 members (excludes halogenated alkanes) is 1.